The molecule has 0 N–H and O–H groups in total. The summed E-state index contributed by atoms with van der Waals surface area (Å²) in [5, 5.41) is 4.97. The van der Waals surface area contributed by atoms with Gasteiger partial charge in [0.2, 0.25) is 0 Å². The molecular weight excluding hydrogens is 410 g/mol. The summed E-state index contributed by atoms with van der Waals surface area (Å²) in [6.07, 6.45) is -0.142. The van der Waals surface area contributed by atoms with E-state index in [1.807, 2.05) is 73.4 Å². The van der Waals surface area contributed by atoms with Crippen LogP contribution in [-0.2, 0) is 11.3 Å². The second-order valence-electron chi connectivity index (χ2n) is 8.25. The molecule has 1 atom stereocenters. The fourth-order valence-corrected chi connectivity index (χ4v) is 3.60. The van der Waals surface area contributed by atoms with Gasteiger partial charge in [-0.05, 0) is 37.9 Å². The Morgan fingerprint density at radius 3 is 2.06 bits per heavy atom. The van der Waals surface area contributed by atoms with Crippen LogP contribution in [-0.4, -0.2) is 54.6 Å². The largest absolute Gasteiger partial charge is 0.491 e. The van der Waals surface area contributed by atoms with Crippen LogP contribution in [0.5, 0.6) is 5.75 Å². The number of ether oxygens (including phenoxy) is 2. The Morgan fingerprint density at radius 1 is 0.818 bits per heavy atom. The number of likely N-dealkylation sites (N-methyl/N-ethyl adjacent to an activating group) is 1. The van der Waals surface area contributed by atoms with Gasteiger partial charge in [0, 0.05) is 12.1 Å². The van der Waals surface area contributed by atoms with Crippen LogP contribution in [0.3, 0.4) is 0 Å². The minimum absolute atomic E-state index is 0.142. The molecule has 4 rings (SSSR count). The number of hydrogen-bond donors (Lipinski definition) is 0. The molecule has 1 heterocycles. The molecule has 3 aromatic carbocycles. The highest BCUT2D eigenvalue weighted by atomic mass is 16.5. The molecule has 33 heavy (non-hydrogen) atoms. The first-order chi connectivity index (χ1) is 16.2. The van der Waals surface area contributed by atoms with Gasteiger partial charge < -0.3 is 14.4 Å². The normalized spacial score (nSPS) is 12.1. The van der Waals surface area contributed by atoms with Crippen molar-refractivity contribution in [1.82, 2.24) is 14.7 Å². The summed E-state index contributed by atoms with van der Waals surface area (Å²) in [6.45, 7) is 2.52. The van der Waals surface area contributed by atoms with Gasteiger partial charge in [0.05, 0.1) is 24.5 Å². The van der Waals surface area contributed by atoms with E-state index in [9.17, 15) is 0 Å². The van der Waals surface area contributed by atoms with Gasteiger partial charge in [-0.25, -0.2) is 0 Å². The third-order valence-corrected chi connectivity index (χ3v) is 5.37. The molecule has 0 bridgehead atoms. The third-order valence-electron chi connectivity index (χ3n) is 5.37. The van der Waals surface area contributed by atoms with Gasteiger partial charge in [0.25, 0.3) is 0 Å². The van der Waals surface area contributed by atoms with Crippen molar-refractivity contribution in [2.45, 2.75) is 12.6 Å². The number of nitrogens with zero attached hydrogens (tertiary/aromatic N) is 3. The highest BCUT2D eigenvalue weighted by Gasteiger charge is 2.18. The van der Waals surface area contributed by atoms with E-state index in [0.717, 1.165) is 34.8 Å². The van der Waals surface area contributed by atoms with Gasteiger partial charge in [0.15, 0.2) is 0 Å². The topological polar surface area (TPSA) is 39.5 Å². The number of benzene rings is 3. The number of para-hydroxylation sites is 1. The average Bonchev–Trinajstić information content (AvgIpc) is 3.28. The van der Waals surface area contributed by atoms with Crippen LogP contribution in [0.25, 0.3) is 22.5 Å². The maximum atomic E-state index is 6.26. The van der Waals surface area contributed by atoms with Gasteiger partial charge in [-0.1, -0.05) is 78.9 Å². The summed E-state index contributed by atoms with van der Waals surface area (Å²) in [4.78, 5) is 2.12. The molecule has 0 fully saturated rings. The molecule has 0 aliphatic heterocycles. The predicted octanol–water partition coefficient (Wildman–Crippen LogP) is 5.24. The predicted molar refractivity (Wildman–Crippen MR) is 133 cm³/mol. The molecule has 1 aromatic heterocycles. The Morgan fingerprint density at radius 2 is 1.42 bits per heavy atom. The fourth-order valence-electron chi connectivity index (χ4n) is 3.60. The lowest BCUT2D eigenvalue weighted by Crippen LogP contribution is -2.31. The quantitative estimate of drug-likeness (QED) is 0.319. The molecule has 0 aliphatic rings. The molecule has 0 saturated heterocycles. The van der Waals surface area contributed by atoms with Gasteiger partial charge in [-0.15, -0.1) is 0 Å². The van der Waals surface area contributed by atoms with Crippen LogP contribution in [0, 0.1) is 0 Å². The first-order valence-electron chi connectivity index (χ1n) is 11.3. The van der Waals surface area contributed by atoms with Crippen LogP contribution in [0.1, 0.15) is 0 Å². The first kappa shape index (κ1) is 22.8. The Labute approximate surface area is 196 Å². The van der Waals surface area contributed by atoms with Gasteiger partial charge in [-0.3, -0.25) is 4.68 Å². The van der Waals surface area contributed by atoms with Gasteiger partial charge in [-0.2, -0.15) is 5.10 Å². The van der Waals surface area contributed by atoms with Gasteiger partial charge in [0.1, 0.15) is 18.5 Å². The smallest absolute Gasteiger partial charge is 0.119 e. The van der Waals surface area contributed by atoms with Crippen LogP contribution in [0.2, 0.25) is 0 Å². The van der Waals surface area contributed by atoms with Crippen molar-refractivity contribution in [1.29, 1.82) is 0 Å². The van der Waals surface area contributed by atoms with Crippen molar-refractivity contribution in [3.8, 4) is 28.3 Å². The summed E-state index contributed by atoms with van der Waals surface area (Å²) < 4.78 is 14.4. The van der Waals surface area contributed by atoms with Crippen molar-refractivity contribution < 1.29 is 9.47 Å². The lowest BCUT2D eigenvalue weighted by atomic mass is 10.1. The van der Waals surface area contributed by atoms with E-state index in [2.05, 4.69) is 47.4 Å². The fraction of sp³-hybridized carbons (Fsp3) is 0.250. The molecule has 1 unspecified atom stereocenters. The van der Waals surface area contributed by atoms with Crippen LogP contribution < -0.4 is 4.74 Å². The van der Waals surface area contributed by atoms with E-state index in [0.29, 0.717) is 19.8 Å². The molecule has 0 amide bonds. The Bertz CT molecular complexity index is 1100. The minimum Gasteiger partial charge on any atom is -0.491 e. The van der Waals surface area contributed by atoms with Crippen molar-refractivity contribution in [2.75, 3.05) is 33.9 Å². The minimum atomic E-state index is -0.142. The molecule has 5 heteroatoms. The average molecular weight is 442 g/mol. The Kier molecular flexibility index (Phi) is 7.90. The summed E-state index contributed by atoms with van der Waals surface area (Å²) in [6, 6.07) is 32.7. The molecule has 0 spiro atoms. The summed E-state index contributed by atoms with van der Waals surface area (Å²) in [5.74, 6) is 0.840. The first-order valence-corrected chi connectivity index (χ1v) is 11.3. The Balaban J connectivity index is 1.59. The van der Waals surface area contributed by atoms with E-state index < -0.39 is 0 Å². The number of hydrogen-bond acceptors (Lipinski definition) is 4. The second-order valence-corrected chi connectivity index (χ2v) is 8.25. The third kappa shape index (κ3) is 6.54. The van der Waals surface area contributed by atoms with E-state index in [1.165, 1.54) is 0 Å². The van der Waals surface area contributed by atoms with Crippen molar-refractivity contribution in [3.05, 3.63) is 97.1 Å². The maximum Gasteiger partial charge on any atom is 0.119 e. The van der Waals surface area contributed by atoms with Gasteiger partial charge >= 0.3 is 0 Å². The molecule has 0 saturated carbocycles. The van der Waals surface area contributed by atoms with E-state index in [-0.39, 0.29) is 6.10 Å². The van der Waals surface area contributed by atoms with Crippen LogP contribution in [0.4, 0.5) is 0 Å². The second kappa shape index (κ2) is 11.5. The van der Waals surface area contributed by atoms with Crippen molar-refractivity contribution in [2.24, 2.45) is 0 Å². The summed E-state index contributed by atoms with van der Waals surface area (Å²) >= 11 is 0. The zero-order valence-electron chi connectivity index (χ0n) is 19.3. The Hall–Kier alpha value is -3.41. The standard InChI is InChI=1S/C28H31N3O2/c1-30(2)18-19-32-26(22-33-25-16-10-5-11-17-25)21-31-28(24-14-8-4-9-15-24)20-27(29-31)23-12-6-3-7-13-23/h3-17,20,26H,18-19,21-22H2,1-2H3. The number of rotatable bonds is 11. The lowest BCUT2D eigenvalue weighted by molar-refractivity contribution is 0.00271. The monoisotopic (exact) mass is 441 g/mol. The molecule has 4 aromatic rings. The highest BCUT2D eigenvalue weighted by molar-refractivity contribution is 5.68. The molecular formula is C28H31N3O2. The highest BCUT2D eigenvalue weighted by Crippen LogP contribution is 2.26. The number of aromatic nitrogens is 2. The lowest BCUT2D eigenvalue weighted by Gasteiger charge is -2.21. The summed E-state index contributed by atoms with van der Waals surface area (Å²) in [7, 11) is 4.10. The van der Waals surface area contributed by atoms with Crippen molar-refractivity contribution in [3.63, 3.8) is 0 Å². The van der Waals surface area contributed by atoms with E-state index in [1.54, 1.807) is 0 Å². The molecule has 5 nitrogen and oxygen atoms in total. The zero-order chi connectivity index (χ0) is 22.9. The SMILES string of the molecule is CN(C)CCOC(COc1ccccc1)Cn1nc(-c2ccccc2)cc1-c1ccccc1. The molecule has 0 aliphatic carbocycles. The molecule has 170 valence electrons. The summed E-state index contributed by atoms with van der Waals surface area (Å²) in [5.41, 5.74) is 4.24. The van der Waals surface area contributed by atoms with E-state index >= 15 is 0 Å². The maximum absolute atomic E-state index is 6.26. The van der Waals surface area contributed by atoms with Crippen LogP contribution in [0.15, 0.2) is 97.1 Å². The van der Waals surface area contributed by atoms with Crippen LogP contribution >= 0.6 is 0 Å². The zero-order valence-corrected chi connectivity index (χ0v) is 19.3. The van der Waals surface area contributed by atoms with E-state index in [4.69, 9.17) is 14.6 Å². The van der Waals surface area contributed by atoms with Crippen molar-refractivity contribution >= 4 is 0 Å². The molecule has 0 radical (unpaired) electrons.